The Kier molecular flexibility index (Phi) is 2.94. The maximum Gasteiger partial charge on any atom is 0.324 e. The van der Waals surface area contributed by atoms with Gasteiger partial charge < -0.3 is 4.42 Å². The van der Waals surface area contributed by atoms with Gasteiger partial charge in [-0.2, -0.15) is 8.42 Å². The van der Waals surface area contributed by atoms with Crippen molar-refractivity contribution in [2.75, 3.05) is 0 Å². The predicted molar refractivity (Wildman–Crippen MR) is 77.5 cm³/mol. The largest absolute Gasteiger partial charge is 0.459 e. The molecule has 0 spiro atoms. The van der Waals surface area contributed by atoms with Gasteiger partial charge in [0, 0.05) is 20.5 Å². The van der Waals surface area contributed by atoms with Gasteiger partial charge in [-0.15, -0.1) is 0 Å². The molecule has 20 heavy (non-hydrogen) atoms. The zero-order chi connectivity index (χ0) is 14.7. The minimum absolute atomic E-state index is 0.0416. The van der Waals surface area contributed by atoms with Crippen molar-refractivity contribution in [3.8, 4) is 0 Å². The SMILES string of the molecule is CC1(c2cc3cc(Br)ccc3o2)CC(=O)N1S(=O)(=O)Cl. The Balaban J connectivity index is 2.13. The minimum Gasteiger partial charge on any atom is -0.459 e. The molecule has 8 heteroatoms. The number of furan rings is 1. The Labute approximate surface area is 128 Å². The summed E-state index contributed by atoms with van der Waals surface area (Å²) < 4.78 is 30.2. The lowest BCUT2D eigenvalue weighted by Gasteiger charge is -2.45. The van der Waals surface area contributed by atoms with Crippen molar-refractivity contribution in [1.82, 2.24) is 4.31 Å². The number of halogens is 2. The fraction of sp³-hybridized carbons (Fsp3) is 0.250. The average Bonchev–Trinajstić information content (AvgIpc) is 2.68. The highest BCUT2D eigenvalue weighted by Gasteiger charge is 2.56. The fourth-order valence-electron chi connectivity index (χ4n) is 2.45. The lowest BCUT2D eigenvalue weighted by atomic mass is 9.86. The Morgan fingerprint density at radius 1 is 1.40 bits per heavy atom. The van der Waals surface area contributed by atoms with Gasteiger partial charge in [-0.25, -0.2) is 4.31 Å². The van der Waals surface area contributed by atoms with E-state index < -0.39 is 20.7 Å². The van der Waals surface area contributed by atoms with E-state index in [4.69, 9.17) is 15.1 Å². The van der Waals surface area contributed by atoms with Gasteiger partial charge >= 0.3 is 9.24 Å². The van der Waals surface area contributed by atoms with Gasteiger partial charge in [0.15, 0.2) is 0 Å². The molecule has 1 aliphatic heterocycles. The molecule has 1 saturated heterocycles. The highest BCUT2D eigenvalue weighted by atomic mass is 79.9. The number of carbonyl (C=O) groups excluding carboxylic acids is 1. The summed E-state index contributed by atoms with van der Waals surface area (Å²) in [5.74, 6) is -0.140. The number of nitrogens with zero attached hydrogens (tertiary/aromatic N) is 1. The molecule has 1 fully saturated rings. The lowest BCUT2D eigenvalue weighted by molar-refractivity contribution is -0.145. The second-order valence-corrected chi connectivity index (χ2v) is 8.12. The molecule has 1 aromatic carbocycles. The summed E-state index contributed by atoms with van der Waals surface area (Å²) in [6.45, 7) is 1.61. The summed E-state index contributed by atoms with van der Waals surface area (Å²) >= 11 is 3.35. The van der Waals surface area contributed by atoms with Gasteiger partial charge in [0.1, 0.15) is 16.9 Å². The summed E-state index contributed by atoms with van der Waals surface area (Å²) in [4.78, 5) is 11.5. The molecule has 0 N–H and O–H groups in total. The molecule has 2 aromatic rings. The molecule has 1 aromatic heterocycles. The topological polar surface area (TPSA) is 67.6 Å². The molecule has 1 unspecified atom stereocenters. The zero-order valence-corrected chi connectivity index (χ0v) is 13.4. The van der Waals surface area contributed by atoms with E-state index in [1.807, 2.05) is 12.1 Å². The maximum absolute atomic E-state index is 11.5. The van der Waals surface area contributed by atoms with Gasteiger partial charge in [-0.3, -0.25) is 4.79 Å². The molecule has 0 radical (unpaired) electrons. The molecule has 0 saturated carbocycles. The number of β-lactam (4-membered cyclic amide) rings is 1. The van der Waals surface area contributed by atoms with Crippen LogP contribution in [0.3, 0.4) is 0 Å². The summed E-state index contributed by atoms with van der Waals surface area (Å²) in [5.41, 5.74) is -0.445. The number of benzene rings is 1. The lowest BCUT2D eigenvalue weighted by Crippen LogP contribution is -2.60. The third-order valence-corrected chi connectivity index (χ3v) is 5.35. The molecule has 1 atom stereocenters. The van der Waals surface area contributed by atoms with Crippen LogP contribution in [0.1, 0.15) is 19.1 Å². The second kappa shape index (κ2) is 4.22. The summed E-state index contributed by atoms with van der Waals surface area (Å²) in [7, 11) is 1.19. The highest BCUT2D eigenvalue weighted by molar-refractivity contribution is 9.10. The molecule has 0 aliphatic carbocycles. The summed E-state index contributed by atoms with van der Waals surface area (Å²) in [6, 6.07) is 7.17. The first kappa shape index (κ1) is 13.9. The average molecular weight is 379 g/mol. The van der Waals surface area contributed by atoms with Crippen LogP contribution in [0.5, 0.6) is 0 Å². The van der Waals surface area contributed by atoms with Crippen LogP contribution in [0, 0.1) is 0 Å². The van der Waals surface area contributed by atoms with E-state index in [1.54, 1.807) is 19.1 Å². The van der Waals surface area contributed by atoms with Crippen LogP contribution >= 0.6 is 26.6 Å². The third-order valence-electron chi connectivity index (χ3n) is 3.40. The quantitative estimate of drug-likeness (QED) is 0.595. The van der Waals surface area contributed by atoms with E-state index >= 15 is 0 Å². The van der Waals surface area contributed by atoms with Crippen LogP contribution in [0.4, 0.5) is 0 Å². The standard InChI is InChI=1S/C12H9BrClNO4S/c1-12(6-11(16)15(12)20(14,17)18)10-5-7-4-8(13)2-3-9(7)19-10/h2-5H,6H2,1H3. The number of carbonyl (C=O) groups is 1. The third kappa shape index (κ3) is 1.96. The zero-order valence-electron chi connectivity index (χ0n) is 10.3. The van der Waals surface area contributed by atoms with E-state index in [0.717, 1.165) is 9.86 Å². The van der Waals surface area contributed by atoms with E-state index in [9.17, 15) is 13.2 Å². The van der Waals surface area contributed by atoms with Crippen LogP contribution in [-0.4, -0.2) is 18.6 Å². The van der Waals surface area contributed by atoms with E-state index in [1.165, 1.54) is 0 Å². The first-order chi connectivity index (χ1) is 9.22. The van der Waals surface area contributed by atoms with Crippen LogP contribution in [0.15, 0.2) is 33.2 Å². The van der Waals surface area contributed by atoms with Crippen molar-refractivity contribution in [3.63, 3.8) is 0 Å². The molecule has 2 heterocycles. The Bertz CT molecular complexity index is 831. The monoisotopic (exact) mass is 377 g/mol. The van der Waals surface area contributed by atoms with Crippen molar-refractivity contribution in [2.45, 2.75) is 18.9 Å². The van der Waals surface area contributed by atoms with Crippen molar-refractivity contribution in [2.24, 2.45) is 0 Å². The molecule has 1 amide bonds. The van der Waals surface area contributed by atoms with Gasteiger partial charge in [0.25, 0.3) is 0 Å². The maximum atomic E-state index is 11.5. The molecule has 106 valence electrons. The first-order valence-corrected chi connectivity index (χ1v) is 8.75. The van der Waals surface area contributed by atoms with Crippen LogP contribution in [-0.2, 0) is 19.6 Å². The normalized spacial score (nSPS) is 23.1. The number of hydrogen-bond acceptors (Lipinski definition) is 4. The summed E-state index contributed by atoms with van der Waals surface area (Å²) in [5, 5.41) is 0.821. The van der Waals surface area contributed by atoms with Gasteiger partial charge in [0.05, 0.1) is 6.42 Å². The number of hydrogen-bond donors (Lipinski definition) is 0. The number of amides is 1. The van der Waals surface area contributed by atoms with E-state index in [0.29, 0.717) is 15.6 Å². The van der Waals surface area contributed by atoms with Crippen LogP contribution < -0.4 is 0 Å². The van der Waals surface area contributed by atoms with E-state index in [2.05, 4.69) is 15.9 Å². The smallest absolute Gasteiger partial charge is 0.324 e. The summed E-state index contributed by atoms with van der Waals surface area (Å²) in [6.07, 6.45) is 0.0416. The van der Waals surface area contributed by atoms with Crippen molar-refractivity contribution < 1.29 is 17.6 Å². The first-order valence-electron chi connectivity index (χ1n) is 5.69. The van der Waals surface area contributed by atoms with Crippen molar-refractivity contribution in [3.05, 3.63) is 34.5 Å². The second-order valence-electron chi connectivity index (χ2n) is 4.84. The minimum atomic E-state index is -4.13. The number of rotatable bonds is 2. The molecule has 5 nitrogen and oxygen atoms in total. The Hall–Kier alpha value is -1.05. The number of fused-ring (bicyclic) bond motifs is 1. The molecule has 0 bridgehead atoms. The van der Waals surface area contributed by atoms with Gasteiger partial charge in [-0.1, -0.05) is 15.9 Å². The van der Waals surface area contributed by atoms with Crippen molar-refractivity contribution in [1.29, 1.82) is 0 Å². The van der Waals surface area contributed by atoms with E-state index in [-0.39, 0.29) is 6.42 Å². The van der Waals surface area contributed by atoms with Gasteiger partial charge in [0.2, 0.25) is 5.91 Å². The molecular formula is C12H9BrClNO4S. The van der Waals surface area contributed by atoms with Crippen molar-refractivity contribution >= 4 is 52.7 Å². The molecule has 1 aliphatic rings. The molecular weight excluding hydrogens is 370 g/mol. The Morgan fingerprint density at radius 3 is 2.70 bits per heavy atom. The van der Waals surface area contributed by atoms with Crippen LogP contribution in [0.25, 0.3) is 11.0 Å². The van der Waals surface area contributed by atoms with Gasteiger partial charge in [-0.05, 0) is 31.2 Å². The predicted octanol–water partition coefficient (Wildman–Crippen LogP) is 3.13. The van der Waals surface area contributed by atoms with Crippen LogP contribution in [0.2, 0.25) is 0 Å². The molecule has 3 rings (SSSR count). The fourth-order valence-corrected chi connectivity index (χ4v) is 4.46. The Morgan fingerprint density at radius 2 is 2.10 bits per heavy atom. The highest BCUT2D eigenvalue weighted by Crippen LogP contribution is 2.45.